The summed E-state index contributed by atoms with van der Waals surface area (Å²) in [6, 6.07) is 6.75. The van der Waals surface area contributed by atoms with Gasteiger partial charge >= 0.3 is 0 Å². The van der Waals surface area contributed by atoms with Crippen LogP contribution in [0.1, 0.15) is 56.8 Å². The Bertz CT molecular complexity index is 946. The largest absolute Gasteiger partial charge is 0.483 e. The highest BCUT2D eigenvalue weighted by molar-refractivity contribution is 7.16. The molecule has 0 saturated carbocycles. The van der Waals surface area contributed by atoms with Gasteiger partial charge in [0.05, 0.1) is 11.1 Å². The number of amides is 3. The van der Waals surface area contributed by atoms with Crippen molar-refractivity contribution >= 4 is 34.1 Å². The number of ether oxygens (including phenoxy) is 1. The predicted molar refractivity (Wildman–Crippen MR) is 117 cm³/mol. The quantitative estimate of drug-likeness (QED) is 0.734. The lowest BCUT2D eigenvalue weighted by molar-refractivity contribution is -0.133. The molecule has 1 saturated heterocycles. The van der Waals surface area contributed by atoms with Crippen LogP contribution >= 0.6 is 11.3 Å². The van der Waals surface area contributed by atoms with Crippen LogP contribution in [0.4, 0.5) is 5.00 Å². The van der Waals surface area contributed by atoms with Gasteiger partial charge in [-0.05, 0) is 44.4 Å². The minimum Gasteiger partial charge on any atom is -0.483 e. The fourth-order valence-electron chi connectivity index (χ4n) is 3.51. The molecule has 2 heterocycles. The molecule has 160 valence electrons. The lowest BCUT2D eigenvalue weighted by atomic mass is 10.1. The van der Waals surface area contributed by atoms with E-state index in [0.29, 0.717) is 21.9 Å². The molecule has 7 nitrogen and oxygen atoms in total. The lowest BCUT2D eigenvalue weighted by Crippen LogP contribution is -2.35. The van der Waals surface area contributed by atoms with Gasteiger partial charge in [-0.2, -0.15) is 0 Å². The van der Waals surface area contributed by atoms with Crippen LogP contribution in [0.5, 0.6) is 5.75 Å². The van der Waals surface area contributed by atoms with Gasteiger partial charge in [-0.15, -0.1) is 11.3 Å². The number of primary amides is 1. The summed E-state index contributed by atoms with van der Waals surface area (Å²) in [5.41, 5.74) is 6.86. The van der Waals surface area contributed by atoms with Gasteiger partial charge in [-0.3, -0.25) is 14.4 Å². The third-order valence-corrected chi connectivity index (χ3v) is 6.42. The summed E-state index contributed by atoms with van der Waals surface area (Å²) >= 11 is 1.30. The van der Waals surface area contributed by atoms with Gasteiger partial charge in [0, 0.05) is 18.0 Å². The SMILES string of the molecule is Cc1sc(NC(=O)c2ccccc2OCC(=O)N2CCCCCC2)c(C(N)=O)c1C. The van der Waals surface area contributed by atoms with Crippen molar-refractivity contribution in [1.29, 1.82) is 0 Å². The van der Waals surface area contributed by atoms with E-state index in [1.54, 1.807) is 31.2 Å². The molecule has 0 aliphatic carbocycles. The van der Waals surface area contributed by atoms with E-state index in [4.69, 9.17) is 10.5 Å². The maximum atomic E-state index is 12.9. The number of hydrogen-bond acceptors (Lipinski definition) is 5. The van der Waals surface area contributed by atoms with E-state index in [9.17, 15) is 14.4 Å². The zero-order valence-corrected chi connectivity index (χ0v) is 18.1. The molecule has 0 radical (unpaired) electrons. The van der Waals surface area contributed by atoms with Crippen molar-refractivity contribution in [3.05, 3.63) is 45.8 Å². The van der Waals surface area contributed by atoms with Crippen molar-refractivity contribution in [3.63, 3.8) is 0 Å². The van der Waals surface area contributed by atoms with Gasteiger partial charge in [0.2, 0.25) is 0 Å². The predicted octanol–water partition coefficient (Wildman–Crippen LogP) is 3.50. The Hall–Kier alpha value is -2.87. The van der Waals surface area contributed by atoms with Crippen LogP contribution in [0.3, 0.4) is 0 Å². The normalized spacial score (nSPS) is 14.1. The molecule has 0 atom stereocenters. The number of aryl methyl sites for hydroxylation is 1. The molecular weight excluding hydrogens is 402 g/mol. The number of nitrogens with two attached hydrogens (primary N) is 1. The van der Waals surface area contributed by atoms with Crippen molar-refractivity contribution in [1.82, 2.24) is 4.90 Å². The van der Waals surface area contributed by atoms with E-state index < -0.39 is 11.8 Å². The van der Waals surface area contributed by atoms with E-state index >= 15 is 0 Å². The van der Waals surface area contributed by atoms with Crippen molar-refractivity contribution in [2.45, 2.75) is 39.5 Å². The standard InChI is InChI=1S/C22H27N3O4S/c1-14-15(2)30-22(19(14)20(23)27)24-21(28)16-9-5-6-10-17(16)29-13-18(26)25-11-7-3-4-8-12-25/h5-6,9-10H,3-4,7-8,11-13H2,1-2H3,(H2,23,27)(H,24,28). The molecule has 0 unspecified atom stereocenters. The third kappa shape index (κ3) is 4.99. The molecule has 30 heavy (non-hydrogen) atoms. The molecule has 3 N–H and O–H groups in total. The van der Waals surface area contributed by atoms with Gasteiger partial charge in [0.15, 0.2) is 6.61 Å². The van der Waals surface area contributed by atoms with Gasteiger partial charge in [0.25, 0.3) is 17.7 Å². The van der Waals surface area contributed by atoms with Crippen LogP contribution in [-0.4, -0.2) is 42.3 Å². The van der Waals surface area contributed by atoms with Crippen LogP contribution in [-0.2, 0) is 4.79 Å². The van der Waals surface area contributed by atoms with Crippen molar-refractivity contribution in [2.24, 2.45) is 5.73 Å². The summed E-state index contributed by atoms with van der Waals surface area (Å²) in [7, 11) is 0. The molecule has 1 aliphatic heterocycles. The molecule has 2 aromatic rings. The van der Waals surface area contributed by atoms with Crippen molar-refractivity contribution in [3.8, 4) is 5.75 Å². The highest BCUT2D eigenvalue weighted by atomic mass is 32.1. The zero-order valence-electron chi connectivity index (χ0n) is 17.3. The Labute approximate surface area is 180 Å². The Morgan fingerprint density at radius 1 is 1.10 bits per heavy atom. The number of para-hydroxylation sites is 1. The van der Waals surface area contributed by atoms with Gasteiger partial charge in [-0.25, -0.2) is 0 Å². The molecule has 1 fully saturated rings. The van der Waals surface area contributed by atoms with Crippen LogP contribution in [0, 0.1) is 13.8 Å². The second-order valence-electron chi connectivity index (χ2n) is 7.39. The van der Waals surface area contributed by atoms with Crippen LogP contribution < -0.4 is 15.8 Å². The number of benzene rings is 1. The number of rotatable bonds is 6. The highest BCUT2D eigenvalue weighted by Gasteiger charge is 2.22. The molecular formula is C22H27N3O4S. The van der Waals surface area contributed by atoms with E-state index in [0.717, 1.165) is 49.2 Å². The summed E-state index contributed by atoms with van der Waals surface area (Å²) in [5, 5.41) is 3.19. The number of nitrogens with zero attached hydrogens (tertiary/aromatic N) is 1. The highest BCUT2D eigenvalue weighted by Crippen LogP contribution is 2.33. The van der Waals surface area contributed by atoms with E-state index in [1.165, 1.54) is 11.3 Å². The van der Waals surface area contributed by atoms with E-state index in [2.05, 4.69) is 5.32 Å². The minimum absolute atomic E-state index is 0.0763. The van der Waals surface area contributed by atoms with Crippen LogP contribution in [0.25, 0.3) is 0 Å². The number of hydrogen-bond donors (Lipinski definition) is 2. The molecule has 1 aromatic carbocycles. The molecule has 3 rings (SSSR count). The second kappa shape index (κ2) is 9.75. The maximum absolute atomic E-state index is 12.9. The first-order valence-electron chi connectivity index (χ1n) is 10.1. The number of carbonyl (C=O) groups is 3. The fraction of sp³-hybridized carbons (Fsp3) is 0.409. The molecule has 1 aromatic heterocycles. The summed E-state index contributed by atoms with van der Waals surface area (Å²) in [4.78, 5) is 39.9. The maximum Gasteiger partial charge on any atom is 0.260 e. The third-order valence-electron chi connectivity index (χ3n) is 5.30. The summed E-state index contributed by atoms with van der Waals surface area (Å²) in [6.45, 7) is 5.04. The first-order chi connectivity index (χ1) is 14.4. The Kier molecular flexibility index (Phi) is 7.10. The van der Waals surface area contributed by atoms with Crippen LogP contribution in [0.2, 0.25) is 0 Å². The Morgan fingerprint density at radius 3 is 2.43 bits per heavy atom. The zero-order chi connectivity index (χ0) is 21.7. The minimum atomic E-state index is -0.584. The summed E-state index contributed by atoms with van der Waals surface area (Å²) in [6.07, 6.45) is 4.30. The number of nitrogens with one attached hydrogen (secondary N) is 1. The molecule has 3 amide bonds. The van der Waals surface area contributed by atoms with E-state index in [-0.39, 0.29) is 12.5 Å². The lowest BCUT2D eigenvalue weighted by Gasteiger charge is -2.20. The Morgan fingerprint density at radius 2 is 1.77 bits per heavy atom. The molecule has 0 bridgehead atoms. The van der Waals surface area contributed by atoms with Crippen molar-refractivity contribution in [2.75, 3.05) is 25.0 Å². The molecule has 8 heteroatoms. The summed E-state index contributed by atoms with van der Waals surface area (Å²) < 4.78 is 5.72. The average Bonchev–Trinajstić information content (AvgIpc) is 2.91. The summed E-state index contributed by atoms with van der Waals surface area (Å²) in [5.74, 6) is -0.757. The molecule has 0 spiro atoms. The van der Waals surface area contributed by atoms with Gasteiger partial charge in [0.1, 0.15) is 10.8 Å². The number of likely N-dealkylation sites (tertiary alicyclic amines) is 1. The van der Waals surface area contributed by atoms with Crippen LogP contribution in [0.15, 0.2) is 24.3 Å². The van der Waals surface area contributed by atoms with Crippen molar-refractivity contribution < 1.29 is 19.1 Å². The first kappa shape index (κ1) is 21.8. The second-order valence-corrected chi connectivity index (χ2v) is 8.61. The Balaban J connectivity index is 1.72. The number of anilines is 1. The fourth-order valence-corrected chi connectivity index (χ4v) is 4.57. The van der Waals surface area contributed by atoms with E-state index in [1.807, 2.05) is 11.8 Å². The number of carbonyl (C=O) groups excluding carboxylic acids is 3. The monoisotopic (exact) mass is 429 g/mol. The first-order valence-corrected chi connectivity index (χ1v) is 10.9. The smallest absolute Gasteiger partial charge is 0.260 e. The van der Waals surface area contributed by atoms with Gasteiger partial charge < -0.3 is 20.7 Å². The topological polar surface area (TPSA) is 102 Å². The molecule has 1 aliphatic rings. The number of thiophene rings is 1. The van der Waals surface area contributed by atoms with Gasteiger partial charge in [-0.1, -0.05) is 25.0 Å². The average molecular weight is 430 g/mol.